The molecule has 2 atom stereocenters. The second-order valence-electron chi connectivity index (χ2n) is 9.65. The summed E-state index contributed by atoms with van der Waals surface area (Å²) in [4.78, 5) is 0. The summed E-state index contributed by atoms with van der Waals surface area (Å²) >= 11 is 0. The van der Waals surface area contributed by atoms with E-state index in [-0.39, 0.29) is 11.0 Å². The molecule has 0 aromatic heterocycles. The lowest BCUT2D eigenvalue weighted by molar-refractivity contribution is 0.184. The maximum Gasteiger partial charge on any atom is 0.261 e. The Morgan fingerprint density at radius 2 is 1.30 bits per heavy atom. The van der Waals surface area contributed by atoms with Crippen LogP contribution in [0.25, 0.3) is 0 Å². The van der Waals surface area contributed by atoms with Gasteiger partial charge in [-0.15, -0.1) is 5.92 Å². The smallest absolute Gasteiger partial charge is 0.261 e. The molecule has 0 aliphatic carbocycles. The van der Waals surface area contributed by atoms with E-state index in [0.29, 0.717) is 13.0 Å². The van der Waals surface area contributed by atoms with Crippen LogP contribution in [0.4, 0.5) is 0 Å². The normalized spacial score (nSPS) is 13.6. The summed E-state index contributed by atoms with van der Waals surface area (Å²) in [6, 6.07) is 31.2. The molecule has 0 spiro atoms. The van der Waals surface area contributed by atoms with Gasteiger partial charge in [0.1, 0.15) is 0 Å². The minimum absolute atomic E-state index is 0.0234. The van der Waals surface area contributed by atoms with E-state index < -0.39 is 14.4 Å². The number of benzene rings is 3. The summed E-state index contributed by atoms with van der Waals surface area (Å²) in [5.41, 5.74) is 0.912. The Morgan fingerprint density at radius 3 is 1.79 bits per heavy atom. The number of rotatable bonds is 8. The first-order valence-corrected chi connectivity index (χ1v) is 13.7. The SMILES string of the molecule is CC(C#CCC(O)c1ccccc1)CCO[Si](c1ccccc1)(c1ccccc1)C(C)(C)C. The first kappa shape index (κ1) is 25.0. The predicted octanol–water partition coefficient (Wildman–Crippen LogP) is 5.72. The van der Waals surface area contributed by atoms with E-state index in [2.05, 4.69) is 100 Å². The van der Waals surface area contributed by atoms with Gasteiger partial charge in [0.2, 0.25) is 0 Å². The molecule has 3 rings (SSSR count). The van der Waals surface area contributed by atoms with Crippen LogP contribution in [-0.2, 0) is 4.43 Å². The molecule has 0 aliphatic rings. The largest absolute Gasteiger partial charge is 0.407 e. The molecular weight excluding hydrogens is 420 g/mol. The van der Waals surface area contributed by atoms with Crippen molar-refractivity contribution in [2.75, 3.05) is 6.61 Å². The van der Waals surface area contributed by atoms with E-state index in [4.69, 9.17) is 4.43 Å². The quantitative estimate of drug-likeness (QED) is 0.347. The average Bonchev–Trinajstić information content (AvgIpc) is 2.82. The highest BCUT2D eigenvalue weighted by Crippen LogP contribution is 2.36. The molecule has 3 aromatic carbocycles. The van der Waals surface area contributed by atoms with Gasteiger partial charge in [-0.05, 0) is 27.4 Å². The molecule has 3 heteroatoms. The standard InChI is InChI=1S/C30H36O2Si/c1-25(15-14-22-29(31)26-16-8-5-9-17-26)23-24-32-33(30(2,3)4,27-18-10-6-11-19-27)28-20-12-7-13-21-28/h5-13,16-21,25,29,31H,22-24H2,1-4H3. The monoisotopic (exact) mass is 456 g/mol. The van der Waals surface area contributed by atoms with Crippen LogP contribution in [0, 0.1) is 17.8 Å². The molecule has 33 heavy (non-hydrogen) atoms. The second kappa shape index (κ2) is 11.5. The average molecular weight is 457 g/mol. The van der Waals surface area contributed by atoms with Gasteiger partial charge in [0.25, 0.3) is 8.32 Å². The van der Waals surface area contributed by atoms with E-state index in [1.54, 1.807) is 0 Å². The van der Waals surface area contributed by atoms with Crippen LogP contribution >= 0.6 is 0 Å². The topological polar surface area (TPSA) is 29.5 Å². The van der Waals surface area contributed by atoms with Crippen molar-refractivity contribution in [1.82, 2.24) is 0 Å². The third kappa shape index (κ3) is 6.24. The molecule has 2 nitrogen and oxygen atoms in total. The van der Waals surface area contributed by atoms with Crippen molar-refractivity contribution in [3.63, 3.8) is 0 Å². The highest BCUT2D eigenvalue weighted by molar-refractivity contribution is 6.99. The van der Waals surface area contributed by atoms with Crippen molar-refractivity contribution in [3.8, 4) is 11.8 Å². The Kier molecular flexibility index (Phi) is 8.69. The van der Waals surface area contributed by atoms with Gasteiger partial charge in [0.15, 0.2) is 0 Å². The Hall–Kier alpha value is -2.64. The van der Waals surface area contributed by atoms with Gasteiger partial charge in [-0.3, -0.25) is 0 Å². The molecular formula is C30H36O2Si. The van der Waals surface area contributed by atoms with Crippen LogP contribution in [0.5, 0.6) is 0 Å². The fourth-order valence-corrected chi connectivity index (χ4v) is 8.92. The molecule has 3 aromatic rings. The lowest BCUT2D eigenvalue weighted by atomic mass is 10.1. The van der Waals surface area contributed by atoms with E-state index in [1.165, 1.54) is 10.4 Å². The van der Waals surface area contributed by atoms with Crippen LogP contribution < -0.4 is 10.4 Å². The molecule has 0 fully saturated rings. The van der Waals surface area contributed by atoms with Crippen molar-refractivity contribution < 1.29 is 9.53 Å². The number of aliphatic hydroxyl groups excluding tert-OH is 1. The molecule has 0 heterocycles. The molecule has 0 bridgehead atoms. The number of aliphatic hydroxyl groups is 1. The summed E-state index contributed by atoms with van der Waals surface area (Å²) in [6.07, 6.45) is 0.766. The zero-order valence-electron chi connectivity index (χ0n) is 20.3. The van der Waals surface area contributed by atoms with Crippen molar-refractivity contribution in [3.05, 3.63) is 96.6 Å². The summed E-state index contributed by atoms with van der Waals surface area (Å²) in [5.74, 6) is 6.69. The van der Waals surface area contributed by atoms with Crippen LogP contribution in [0.15, 0.2) is 91.0 Å². The van der Waals surface area contributed by atoms with Gasteiger partial charge in [0.05, 0.1) is 6.10 Å². The Balaban J connectivity index is 1.72. The van der Waals surface area contributed by atoms with Crippen molar-refractivity contribution in [1.29, 1.82) is 0 Å². The third-order valence-corrected chi connectivity index (χ3v) is 11.2. The third-order valence-electron chi connectivity index (χ3n) is 6.11. The maximum atomic E-state index is 10.3. The number of hydrogen-bond acceptors (Lipinski definition) is 2. The lowest BCUT2D eigenvalue weighted by Gasteiger charge is -2.43. The van der Waals surface area contributed by atoms with Crippen molar-refractivity contribution in [2.45, 2.75) is 51.7 Å². The van der Waals surface area contributed by atoms with Crippen molar-refractivity contribution >= 4 is 18.7 Å². The summed E-state index contributed by atoms with van der Waals surface area (Å²) in [5, 5.41) is 12.9. The predicted molar refractivity (Wildman–Crippen MR) is 141 cm³/mol. The number of hydrogen-bond donors (Lipinski definition) is 1. The van der Waals surface area contributed by atoms with Crippen LogP contribution in [0.3, 0.4) is 0 Å². The Bertz CT molecular complexity index is 991. The highest BCUT2D eigenvalue weighted by atomic mass is 28.4. The fourth-order valence-electron chi connectivity index (χ4n) is 4.35. The molecule has 172 valence electrons. The van der Waals surface area contributed by atoms with E-state index in [9.17, 15) is 5.11 Å². The van der Waals surface area contributed by atoms with Crippen molar-refractivity contribution in [2.24, 2.45) is 5.92 Å². The van der Waals surface area contributed by atoms with Crippen LogP contribution in [0.2, 0.25) is 5.04 Å². The summed E-state index contributed by atoms with van der Waals surface area (Å²) in [6.45, 7) is 9.69. The zero-order valence-corrected chi connectivity index (χ0v) is 21.3. The van der Waals surface area contributed by atoms with Gasteiger partial charge < -0.3 is 9.53 Å². The molecule has 2 unspecified atom stereocenters. The summed E-state index contributed by atoms with van der Waals surface area (Å²) < 4.78 is 6.96. The van der Waals surface area contributed by atoms with E-state index in [0.717, 1.165) is 12.0 Å². The molecule has 0 aliphatic heterocycles. The van der Waals surface area contributed by atoms with E-state index >= 15 is 0 Å². The van der Waals surface area contributed by atoms with E-state index in [1.807, 2.05) is 30.3 Å². The van der Waals surface area contributed by atoms with Gasteiger partial charge in [-0.25, -0.2) is 0 Å². The maximum absolute atomic E-state index is 10.3. The van der Waals surface area contributed by atoms with Gasteiger partial charge in [-0.1, -0.05) is 125 Å². The molecule has 0 saturated heterocycles. The summed E-state index contributed by atoms with van der Waals surface area (Å²) in [7, 11) is -2.50. The van der Waals surface area contributed by atoms with Gasteiger partial charge in [0, 0.05) is 18.9 Å². The molecule has 0 radical (unpaired) electrons. The molecule has 1 N–H and O–H groups in total. The lowest BCUT2D eigenvalue weighted by Crippen LogP contribution is -2.66. The molecule has 0 amide bonds. The van der Waals surface area contributed by atoms with Gasteiger partial charge in [-0.2, -0.15) is 0 Å². The minimum atomic E-state index is -2.50. The second-order valence-corrected chi connectivity index (χ2v) is 14.0. The first-order chi connectivity index (χ1) is 15.8. The van der Waals surface area contributed by atoms with Crippen LogP contribution in [0.1, 0.15) is 52.2 Å². The Labute approximate surface area is 200 Å². The molecule has 0 saturated carbocycles. The Morgan fingerprint density at radius 1 is 0.818 bits per heavy atom. The van der Waals surface area contributed by atoms with Gasteiger partial charge >= 0.3 is 0 Å². The van der Waals surface area contributed by atoms with Crippen LogP contribution in [-0.4, -0.2) is 20.0 Å². The fraction of sp³-hybridized carbons (Fsp3) is 0.333. The minimum Gasteiger partial charge on any atom is -0.407 e. The zero-order chi connectivity index (χ0) is 23.7. The highest BCUT2D eigenvalue weighted by Gasteiger charge is 2.49. The first-order valence-electron chi connectivity index (χ1n) is 11.8.